The zero-order chi connectivity index (χ0) is 23.3. The predicted octanol–water partition coefficient (Wildman–Crippen LogP) is 5.32. The van der Waals surface area contributed by atoms with Crippen molar-refractivity contribution >= 4 is 16.9 Å². The maximum atomic E-state index is 9.72. The number of hydrogen-bond donors (Lipinski definition) is 2. The maximum absolute atomic E-state index is 9.72. The molecule has 0 atom stereocenters. The van der Waals surface area contributed by atoms with E-state index in [4.69, 9.17) is 9.47 Å². The minimum Gasteiger partial charge on any atom is -0.457 e. The summed E-state index contributed by atoms with van der Waals surface area (Å²) < 4.78 is 12.9. The van der Waals surface area contributed by atoms with Gasteiger partial charge in [-0.3, -0.25) is 0 Å². The topological polar surface area (TPSA) is 83.6 Å². The van der Waals surface area contributed by atoms with Crippen LogP contribution in [0, 0.1) is 18.3 Å². The first kappa shape index (κ1) is 21.1. The first-order valence-corrected chi connectivity index (χ1v) is 10.8. The number of anilines is 2. The standard InChI is InChI=1S/C27H21N5O2/c1-19-21(15-29-17-25-8-5-13-33-25)18-32-27(19)26(20(14-28)16-30-32)31-22-9-11-24(12-10-22)34-23-6-3-2-4-7-23/h2-4,6-7,9-13,16,18,29,31H,15,17H2,1H3. The fraction of sp³-hybridized carbons (Fsp3) is 0.111. The lowest BCUT2D eigenvalue weighted by molar-refractivity contribution is 0.344. The van der Waals surface area contributed by atoms with Crippen LogP contribution in [0.4, 0.5) is 11.4 Å². The molecule has 1 aliphatic rings. The summed E-state index contributed by atoms with van der Waals surface area (Å²) in [5.74, 6) is 2.21. The van der Waals surface area contributed by atoms with E-state index in [9.17, 15) is 5.26 Å². The van der Waals surface area contributed by atoms with Gasteiger partial charge in [-0.25, -0.2) is 4.52 Å². The van der Waals surface area contributed by atoms with Crippen molar-refractivity contribution in [1.82, 2.24) is 14.9 Å². The highest BCUT2D eigenvalue weighted by atomic mass is 16.5. The first-order chi connectivity index (χ1) is 16.7. The summed E-state index contributed by atoms with van der Waals surface area (Å²) >= 11 is 0. The number of rotatable bonds is 8. The van der Waals surface area contributed by atoms with Gasteiger partial charge < -0.3 is 20.1 Å². The number of aromatic nitrogens is 2. The molecule has 4 aromatic rings. The van der Waals surface area contributed by atoms with Gasteiger partial charge in [0.05, 0.1) is 29.5 Å². The van der Waals surface area contributed by atoms with E-state index in [0.29, 0.717) is 30.1 Å². The SMILES string of the molecule is Cc1c(CNCC2=C=C=CO2)cn2ncc(C#N)c(Nc3ccc(Oc4ccccc4)cc3)c12. The van der Waals surface area contributed by atoms with Crippen LogP contribution >= 0.6 is 0 Å². The normalized spacial score (nSPS) is 11.8. The largest absolute Gasteiger partial charge is 0.457 e. The molecule has 7 heteroatoms. The van der Waals surface area contributed by atoms with E-state index in [0.717, 1.165) is 33.8 Å². The monoisotopic (exact) mass is 447 g/mol. The van der Waals surface area contributed by atoms with E-state index < -0.39 is 0 Å². The van der Waals surface area contributed by atoms with Crippen molar-refractivity contribution in [1.29, 1.82) is 5.26 Å². The number of nitriles is 1. The van der Waals surface area contributed by atoms with Crippen molar-refractivity contribution in [2.75, 3.05) is 11.9 Å². The number of aryl methyl sites for hydroxylation is 1. The van der Waals surface area contributed by atoms with Crippen LogP contribution in [0.25, 0.3) is 5.52 Å². The molecular formula is C27H21N5O2. The van der Waals surface area contributed by atoms with E-state index in [1.54, 1.807) is 10.7 Å². The van der Waals surface area contributed by atoms with E-state index >= 15 is 0 Å². The highest BCUT2D eigenvalue weighted by molar-refractivity contribution is 5.85. The summed E-state index contributed by atoms with van der Waals surface area (Å²) in [5, 5.41) is 20.9. The summed E-state index contributed by atoms with van der Waals surface area (Å²) in [6, 6.07) is 19.5. The zero-order valence-corrected chi connectivity index (χ0v) is 18.5. The van der Waals surface area contributed by atoms with Crippen molar-refractivity contribution < 1.29 is 9.47 Å². The van der Waals surface area contributed by atoms with Gasteiger partial charge in [-0.15, -0.1) is 0 Å². The molecule has 2 aromatic heterocycles. The van der Waals surface area contributed by atoms with E-state index in [1.807, 2.05) is 67.7 Å². The van der Waals surface area contributed by atoms with Gasteiger partial charge in [0, 0.05) is 18.4 Å². The molecular weight excluding hydrogens is 426 g/mol. The quantitative estimate of drug-likeness (QED) is 0.356. The molecule has 0 amide bonds. The summed E-state index contributed by atoms with van der Waals surface area (Å²) in [6.45, 7) is 3.20. The number of nitrogens with one attached hydrogen (secondary N) is 2. The van der Waals surface area contributed by atoms with Crippen LogP contribution < -0.4 is 15.4 Å². The molecule has 0 fully saturated rings. The van der Waals surface area contributed by atoms with Gasteiger partial charge in [-0.2, -0.15) is 10.4 Å². The molecule has 1 aliphatic heterocycles. The smallest absolute Gasteiger partial charge is 0.168 e. The maximum Gasteiger partial charge on any atom is 0.168 e. The molecule has 0 spiro atoms. The van der Waals surface area contributed by atoms with Crippen molar-refractivity contribution in [2.45, 2.75) is 13.5 Å². The first-order valence-electron chi connectivity index (χ1n) is 10.8. The molecule has 0 radical (unpaired) electrons. The number of nitrogens with zero attached hydrogens (tertiary/aromatic N) is 3. The fourth-order valence-electron chi connectivity index (χ4n) is 3.74. The summed E-state index contributed by atoms with van der Waals surface area (Å²) in [7, 11) is 0. The predicted molar refractivity (Wildman–Crippen MR) is 129 cm³/mol. The second kappa shape index (κ2) is 9.41. The van der Waals surface area contributed by atoms with Gasteiger partial charge in [0.1, 0.15) is 23.8 Å². The van der Waals surface area contributed by atoms with Crippen molar-refractivity contribution in [3.05, 3.63) is 107 Å². The minimum absolute atomic E-state index is 0.471. The van der Waals surface area contributed by atoms with Gasteiger partial charge >= 0.3 is 0 Å². The second-order valence-corrected chi connectivity index (χ2v) is 7.71. The molecule has 0 bridgehead atoms. The van der Waals surface area contributed by atoms with Crippen molar-refractivity contribution in [2.24, 2.45) is 0 Å². The Morgan fingerprint density at radius 3 is 2.62 bits per heavy atom. The third-order valence-electron chi connectivity index (χ3n) is 5.46. The number of ether oxygens (including phenoxy) is 2. The van der Waals surface area contributed by atoms with Crippen LogP contribution in [0.2, 0.25) is 0 Å². The molecule has 7 nitrogen and oxygen atoms in total. The summed E-state index contributed by atoms with van der Waals surface area (Å²) in [5.41, 5.74) is 10.7. The third kappa shape index (κ3) is 4.42. The van der Waals surface area contributed by atoms with E-state index in [2.05, 4.69) is 33.3 Å². The summed E-state index contributed by atoms with van der Waals surface area (Å²) in [4.78, 5) is 0. The number of fused-ring (bicyclic) bond motifs is 1. The second-order valence-electron chi connectivity index (χ2n) is 7.71. The van der Waals surface area contributed by atoms with Gasteiger partial charge in [0.25, 0.3) is 0 Å². The Morgan fingerprint density at radius 2 is 1.88 bits per heavy atom. The highest BCUT2D eigenvalue weighted by Gasteiger charge is 2.16. The molecule has 0 saturated carbocycles. The Hall–Kier alpha value is -4.72. The highest BCUT2D eigenvalue weighted by Crippen LogP contribution is 2.31. The number of para-hydroxylation sites is 1. The van der Waals surface area contributed by atoms with Gasteiger partial charge in [0.2, 0.25) is 0 Å². The molecule has 0 unspecified atom stereocenters. The lowest BCUT2D eigenvalue weighted by Crippen LogP contribution is -2.16. The van der Waals surface area contributed by atoms with Gasteiger partial charge in [-0.05, 0) is 65.9 Å². The van der Waals surface area contributed by atoms with Crippen LogP contribution in [0.15, 0.2) is 90.5 Å². The molecule has 5 rings (SSSR count). The van der Waals surface area contributed by atoms with Crippen LogP contribution in [0.5, 0.6) is 11.5 Å². The molecule has 0 saturated heterocycles. The van der Waals surface area contributed by atoms with Crippen LogP contribution in [0.3, 0.4) is 0 Å². The Bertz CT molecular complexity index is 1480. The van der Waals surface area contributed by atoms with Crippen molar-refractivity contribution in [3.8, 4) is 17.6 Å². The fourth-order valence-corrected chi connectivity index (χ4v) is 3.74. The molecule has 34 heavy (non-hydrogen) atoms. The number of hydrogen-bond acceptors (Lipinski definition) is 6. The van der Waals surface area contributed by atoms with Gasteiger partial charge in [0.15, 0.2) is 5.76 Å². The molecule has 3 heterocycles. The van der Waals surface area contributed by atoms with E-state index in [-0.39, 0.29) is 0 Å². The Balaban J connectivity index is 1.38. The van der Waals surface area contributed by atoms with Crippen molar-refractivity contribution in [3.63, 3.8) is 0 Å². The summed E-state index contributed by atoms with van der Waals surface area (Å²) in [6.07, 6.45) is 5.03. The third-order valence-corrected chi connectivity index (χ3v) is 5.46. The molecule has 2 N–H and O–H groups in total. The average molecular weight is 447 g/mol. The minimum atomic E-state index is 0.471. The van der Waals surface area contributed by atoms with Gasteiger partial charge in [-0.1, -0.05) is 18.2 Å². The lowest BCUT2D eigenvalue weighted by Gasteiger charge is -2.12. The Labute approximate surface area is 196 Å². The molecule has 166 valence electrons. The zero-order valence-electron chi connectivity index (χ0n) is 18.5. The van der Waals surface area contributed by atoms with Crippen LogP contribution in [-0.2, 0) is 11.3 Å². The molecule has 0 aliphatic carbocycles. The molecule has 2 aromatic carbocycles. The average Bonchev–Trinajstić information content (AvgIpc) is 3.49. The Morgan fingerprint density at radius 1 is 1.09 bits per heavy atom. The van der Waals surface area contributed by atoms with Crippen LogP contribution in [-0.4, -0.2) is 16.2 Å². The van der Waals surface area contributed by atoms with Crippen LogP contribution in [0.1, 0.15) is 16.7 Å². The number of benzene rings is 2. The van der Waals surface area contributed by atoms with E-state index in [1.165, 1.54) is 6.26 Å². The Kier molecular flexibility index (Phi) is 5.85. The lowest BCUT2D eigenvalue weighted by atomic mass is 10.1.